The number of carbonyl (C=O) groups is 2. The van der Waals surface area contributed by atoms with Gasteiger partial charge in [-0.1, -0.05) is 45.7 Å². The van der Waals surface area contributed by atoms with Crippen LogP contribution in [0.25, 0.3) is 16.6 Å². The van der Waals surface area contributed by atoms with Crippen LogP contribution in [0.5, 0.6) is 0 Å². The Hall–Kier alpha value is -2.96. The number of nitrogens with one attached hydrogen (secondary N) is 1. The number of amides is 1. The van der Waals surface area contributed by atoms with Gasteiger partial charge < -0.3 is 9.72 Å². The van der Waals surface area contributed by atoms with Crippen molar-refractivity contribution in [3.63, 3.8) is 0 Å². The summed E-state index contributed by atoms with van der Waals surface area (Å²) in [6, 6.07) is 18.4. The maximum atomic E-state index is 14.1. The fraction of sp³-hybridized carbons (Fsp3) is 0. The van der Waals surface area contributed by atoms with Crippen molar-refractivity contribution in [3.05, 3.63) is 93.9 Å². The van der Waals surface area contributed by atoms with Gasteiger partial charge in [-0.3, -0.25) is 9.59 Å². The van der Waals surface area contributed by atoms with E-state index in [1.807, 2.05) is 18.2 Å². The van der Waals surface area contributed by atoms with Gasteiger partial charge in [0.1, 0.15) is 11.5 Å². The van der Waals surface area contributed by atoms with Crippen LogP contribution in [0.4, 0.5) is 10.1 Å². The number of halogens is 3. The van der Waals surface area contributed by atoms with Gasteiger partial charge >= 0.3 is 0 Å². The second-order valence-corrected chi connectivity index (χ2v) is 7.67. The molecule has 0 saturated carbocycles. The summed E-state index contributed by atoms with van der Waals surface area (Å²) >= 11 is 9.13. The van der Waals surface area contributed by atoms with Crippen LogP contribution in [0, 0.1) is 5.82 Å². The first-order chi connectivity index (χ1) is 13.9. The molecule has 0 aliphatic rings. The number of carbonyl (C=O) groups excluding carboxylic acids is 2. The van der Waals surface area contributed by atoms with Crippen LogP contribution < -0.4 is 5.32 Å². The summed E-state index contributed by atoms with van der Waals surface area (Å²) < 4.78 is 16.3. The Bertz CT molecular complexity index is 1250. The predicted molar refractivity (Wildman–Crippen MR) is 115 cm³/mol. The minimum absolute atomic E-state index is 0.0690. The van der Waals surface area contributed by atoms with E-state index in [0.29, 0.717) is 15.1 Å². The quantitative estimate of drug-likeness (QED) is 0.294. The van der Waals surface area contributed by atoms with Gasteiger partial charge in [-0.05, 0) is 54.1 Å². The first-order valence-corrected chi connectivity index (χ1v) is 9.78. The normalized spacial score (nSPS) is 10.9. The minimum atomic E-state index is -0.926. The van der Waals surface area contributed by atoms with Crippen LogP contribution in [-0.4, -0.2) is 16.1 Å². The fourth-order valence-corrected chi connectivity index (χ4v) is 3.54. The highest BCUT2D eigenvalue weighted by atomic mass is 79.9. The van der Waals surface area contributed by atoms with Gasteiger partial charge in [-0.2, -0.15) is 0 Å². The summed E-state index contributed by atoms with van der Waals surface area (Å²) in [5.41, 5.74) is 2.20. The van der Waals surface area contributed by atoms with E-state index in [1.54, 1.807) is 47.0 Å². The number of fused-ring (bicyclic) bond motifs is 1. The topological polar surface area (TPSA) is 50.6 Å². The van der Waals surface area contributed by atoms with Crippen molar-refractivity contribution in [2.75, 3.05) is 5.32 Å². The molecule has 1 amide bonds. The summed E-state index contributed by atoms with van der Waals surface area (Å²) in [5.74, 6) is -2.34. The molecule has 4 aromatic rings. The molecule has 7 heteroatoms. The highest BCUT2D eigenvalue weighted by molar-refractivity contribution is 9.10. The van der Waals surface area contributed by atoms with Crippen LogP contribution >= 0.6 is 27.5 Å². The fourth-order valence-electron chi connectivity index (χ4n) is 3.08. The van der Waals surface area contributed by atoms with Crippen LogP contribution in [0.2, 0.25) is 5.02 Å². The second kappa shape index (κ2) is 7.81. The lowest BCUT2D eigenvalue weighted by Gasteiger charge is -2.09. The molecule has 0 aliphatic carbocycles. The third-order valence-corrected chi connectivity index (χ3v) is 5.18. The van der Waals surface area contributed by atoms with Crippen LogP contribution in [0.3, 0.4) is 0 Å². The highest BCUT2D eigenvalue weighted by Crippen LogP contribution is 2.30. The number of anilines is 1. The predicted octanol–water partition coefficient (Wildman–Crippen LogP) is 5.98. The van der Waals surface area contributed by atoms with Gasteiger partial charge in [0, 0.05) is 26.8 Å². The Balaban J connectivity index is 1.77. The number of rotatable bonds is 4. The molecule has 0 aliphatic heterocycles. The van der Waals surface area contributed by atoms with E-state index in [0.717, 1.165) is 11.1 Å². The first kappa shape index (κ1) is 19.4. The SMILES string of the molecule is O=C(Nc1ccc(Br)cc1F)C(=O)c1c(-c2ccc(Cl)cc2)cc2ccccn12. The van der Waals surface area contributed by atoms with Crippen molar-refractivity contribution in [2.24, 2.45) is 0 Å². The van der Waals surface area contributed by atoms with E-state index in [-0.39, 0.29) is 11.4 Å². The summed E-state index contributed by atoms with van der Waals surface area (Å²) in [6.07, 6.45) is 1.70. The van der Waals surface area contributed by atoms with E-state index in [1.165, 1.54) is 12.1 Å². The molecule has 2 aromatic carbocycles. The van der Waals surface area contributed by atoms with Crippen molar-refractivity contribution in [1.82, 2.24) is 4.40 Å². The number of pyridine rings is 1. The Kier molecular flexibility index (Phi) is 5.22. The van der Waals surface area contributed by atoms with Gasteiger partial charge in [0.15, 0.2) is 0 Å². The lowest BCUT2D eigenvalue weighted by Crippen LogP contribution is -2.25. The van der Waals surface area contributed by atoms with Gasteiger partial charge in [-0.15, -0.1) is 0 Å². The number of Topliss-reactive ketones (excluding diaryl/α,β-unsaturated/α-hetero) is 1. The molecule has 4 nitrogen and oxygen atoms in total. The largest absolute Gasteiger partial charge is 0.317 e. The molecule has 29 heavy (non-hydrogen) atoms. The maximum Gasteiger partial charge on any atom is 0.298 e. The lowest BCUT2D eigenvalue weighted by atomic mass is 10.0. The molecule has 0 radical (unpaired) electrons. The zero-order valence-electron chi connectivity index (χ0n) is 14.8. The maximum absolute atomic E-state index is 14.1. The third-order valence-electron chi connectivity index (χ3n) is 4.44. The zero-order valence-corrected chi connectivity index (χ0v) is 17.2. The molecule has 2 aromatic heterocycles. The Labute approximate surface area is 179 Å². The smallest absolute Gasteiger partial charge is 0.298 e. The summed E-state index contributed by atoms with van der Waals surface area (Å²) in [6.45, 7) is 0. The van der Waals surface area contributed by atoms with Gasteiger partial charge in [0.25, 0.3) is 11.7 Å². The number of nitrogens with zero attached hydrogens (tertiary/aromatic N) is 1. The number of hydrogen-bond donors (Lipinski definition) is 1. The highest BCUT2D eigenvalue weighted by Gasteiger charge is 2.25. The summed E-state index contributed by atoms with van der Waals surface area (Å²) in [7, 11) is 0. The van der Waals surface area contributed by atoms with E-state index in [9.17, 15) is 14.0 Å². The number of benzene rings is 2. The zero-order chi connectivity index (χ0) is 20.5. The molecular weight excluding hydrogens is 459 g/mol. The van der Waals surface area contributed by atoms with E-state index < -0.39 is 17.5 Å². The van der Waals surface area contributed by atoms with E-state index in [2.05, 4.69) is 21.2 Å². The molecule has 0 saturated heterocycles. The van der Waals surface area contributed by atoms with Crippen molar-refractivity contribution in [1.29, 1.82) is 0 Å². The molecule has 2 heterocycles. The molecule has 4 rings (SSSR count). The number of aromatic nitrogens is 1. The number of ketones is 1. The van der Waals surface area contributed by atoms with Crippen LogP contribution in [-0.2, 0) is 4.79 Å². The van der Waals surface area contributed by atoms with E-state index >= 15 is 0 Å². The van der Waals surface area contributed by atoms with Gasteiger partial charge in [0.05, 0.1) is 5.69 Å². The molecule has 0 fully saturated rings. The van der Waals surface area contributed by atoms with Crippen molar-refractivity contribution in [2.45, 2.75) is 0 Å². The molecule has 0 spiro atoms. The lowest BCUT2D eigenvalue weighted by molar-refractivity contribution is -0.112. The van der Waals surface area contributed by atoms with Crippen LogP contribution in [0.15, 0.2) is 77.4 Å². The molecule has 1 N–H and O–H groups in total. The average molecular weight is 472 g/mol. The van der Waals surface area contributed by atoms with E-state index in [4.69, 9.17) is 11.6 Å². The summed E-state index contributed by atoms with van der Waals surface area (Å²) in [5, 5.41) is 2.92. The Morgan fingerprint density at radius 2 is 1.76 bits per heavy atom. The third kappa shape index (κ3) is 3.81. The van der Waals surface area contributed by atoms with Crippen molar-refractivity contribution < 1.29 is 14.0 Å². The number of hydrogen-bond acceptors (Lipinski definition) is 2. The van der Waals surface area contributed by atoms with Crippen molar-refractivity contribution in [3.8, 4) is 11.1 Å². The molecule has 144 valence electrons. The van der Waals surface area contributed by atoms with Crippen molar-refractivity contribution >= 4 is 50.4 Å². The molecular formula is C22H13BrClFN2O2. The van der Waals surface area contributed by atoms with Gasteiger partial charge in [-0.25, -0.2) is 4.39 Å². The standard InChI is InChI=1S/C22H13BrClFN2O2/c23-14-6-9-19(18(25)11-14)26-22(29)21(28)20-17(13-4-7-15(24)8-5-13)12-16-3-1-2-10-27(16)20/h1-12H,(H,26,29). The Morgan fingerprint density at radius 3 is 2.48 bits per heavy atom. The monoisotopic (exact) mass is 470 g/mol. The first-order valence-electron chi connectivity index (χ1n) is 8.61. The second-order valence-electron chi connectivity index (χ2n) is 6.32. The average Bonchev–Trinajstić information content (AvgIpc) is 3.09. The van der Waals surface area contributed by atoms with Crippen LogP contribution in [0.1, 0.15) is 10.5 Å². The van der Waals surface area contributed by atoms with Gasteiger partial charge in [0.2, 0.25) is 0 Å². The molecule has 0 bridgehead atoms. The summed E-state index contributed by atoms with van der Waals surface area (Å²) in [4.78, 5) is 25.7. The molecule has 0 atom stereocenters. The Morgan fingerprint density at radius 1 is 1.00 bits per heavy atom. The minimum Gasteiger partial charge on any atom is -0.317 e. The molecule has 0 unspecified atom stereocenters.